The van der Waals surface area contributed by atoms with Crippen molar-refractivity contribution < 1.29 is 14.7 Å². The first kappa shape index (κ1) is 12.8. The molecule has 4 nitrogen and oxygen atoms in total. The Labute approximate surface area is 111 Å². The zero-order valence-corrected chi connectivity index (χ0v) is 10.4. The van der Waals surface area contributed by atoms with Crippen LogP contribution in [0.2, 0.25) is 0 Å². The summed E-state index contributed by atoms with van der Waals surface area (Å²) in [7, 11) is 1.56. The van der Waals surface area contributed by atoms with E-state index in [2.05, 4.69) is 5.16 Å². The Morgan fingerprint density at radius 2 is 1.63 bits per heavy atom. The lowest BCUT2D eigenvalue weighted by Gasteiger charge is -2.05. The molecule has 2 rings (SSSR count). The van der Waals surface area contributed by atoms with Crippen LogP contribution < -0.4 is 4.74 Å². The first-order valence-corrected chi connectivity index (χ1v) is 5.72. The van der Waals surface area contributed by atoms with Crippen LogP contribution in [0.25, 0.3) is 0 Å². The number of Topliss-reactive ketones (excluding diaryl/α,β-unsaturated/α-hetero) is 1. The van der Waals surface area contributed by atoms with Crippen molar-refractivity contribution in [1.29, 1.82) is 0 Å². The monoisotopic (exact) mass is 255 g/mol. The Kier molecular flexibility index (Phi) is 3.93. The standard InChI is InChI=1S/C15H13NO3/c1-19-13-9-7-12(8-10-13)15(17)14(16-18)11-5-3-2-4-6-11/h2-10,18H,1H3/b16-14+. The van der Waals surface area contributed by atoms with E-state index in [0.29, 0.717) is 16.9 Å². The van der Waals surface area contributed by atoms with E-state index in [4.69, 9.17) is 9.94 Å². The van der Waals surface area contributed by atoms with Crippen molar-refractivity contribution in [1.82, 2.24) is 0 Å². The van der Waals surface area contributed by atoms with Gasteiger partial charge in [-0.05, 0) is 24.3 Å². The summed E-state index contributed by atoms with van der Waals surface area (Å²) in [5.41, 5.74) is 1.04. The van der Waals surface area contributed by atoms with Crippen LogP contribution in [-0.4, -0.2) is 23.8 Å². The van der Waals surface area contributed by atoms with Gasteiger partial charge in [-0.2, -0.15) is 0 Å². The third kappa shape index (κ3) is 2.80. The number of hydrogen-bond donors (Lipinski definition) is 1. The average molecular weight is 255 g/mol. The normalized spacial score (nSPS) is 11.1. The minimum atomic E-state index is -0.337. The van der Waals surface area contributed by atoms with E-state index >= 15 is 0 Å². The minimum Gasteiger partial charge on any atom is -0.497 e. The van der Waals surface area contributed by atoms with Gasteiger partial charge in [0.2, 0.25) is 5.78 Å². The molecule has 0 saturated heterocycles. The Morgan fingerprint density at radius 3 is 2.16 bits per heavy atom. The van der Waals surface area contributed by atoms with Crippen molar-refractivity contribution >= 4 is 11.5 Å². The zero-order chi connectivity index (χ0) is 13.7. The maximum absolute atomic E-state index is 12.2. The lowest BCUT2D eigenvalue weighted by Crippen LogP contribution is -2.15. The molecule has 1 N–H and O–H groups in total. The summed E-state index contributed by atoms with van der Waals surface area (Å²) < 4.78 is 5.03. The van der Waals surface area contributed by atoms with Crippen LogP contribution in [0.15, 0.2) is 59.8 Å². The predicted molar refractivity (Wildman–Crippen MR) is 72.1 cm³/mol. The van der Waals surface area contributed by atoms with Crippen LogP contribution in [0.4, 0.5) is 0 Å². The fourth-order valence-electron chi connectivity index (χ4n) is 1.71. The molecule has 0 unspecified atom stereocenters. The molecular formula is C15H13NO3. The number of carbonyl (C=O) groups is 1. The first-order valence-electron chi connectivity index (χ1n) is 5.72. The molecule has 2 aromatic rings. The van der Waals surface area contributed by atoms with Gasteiger partial charge in [-0.25, -0.2) is 0 Å². The fourth-order valence-corrected chi connectivity index (χ4v) is 1.71. The second-order valence-corrected chi connectivity index (χ2v) is 3.87. The fraction of sp³-hybridized carbons (Fsp3) is 0.0667. The number of ether oxygens (including phenoxy) is 1. The highest BCUT2D eigenvalue weighted by molar-refractivity contribution is 6.51. The first-order chi connectivity index (χ1) is 9.26. The number of rotatable bonds is 4. The maximum Gasteiger partial charge on any atom is 0.215 e. The third-order valence-electron chi connectivity index (χ3n) is 2.71. The second kappa shape index (κ2) is 5.82. The molecule has 0 heterocycles. The Hall–Kier alpha value is -2.62. The van der Waals surface area contributed by atoms with Crippen LogP contribution in [0, 0.1) is 0 Å². The molecule has 0 aliphatic rings. The van der Waals surface area contributed by atoms with Crippen LogP contribution in [0.3, 0.4) is 0 Å². The highest BCUT2D eigenvalue weighted by Crippen LogP contribution is 2.14. The highest BCUT2D eigenvalue weighted by atomic mass is 16.5. The molecule has 19 heavy (non-hydrogen) atoms. The van der Waals surface area contributed by atoms with E-state index in [9.17, 15) is 4.79 Å². The number of ketones is 1. The Morgan fingerprint density at radius 1 is 1.00 bits per heavy atom. The van der Waals surface area contributed by atoms with E-state index in [0.717, 1.165) is 0 Å². The van der Waals surface area contributed by atoms with E-state index in [1.54, 1.807) is 55.6 Å². The van der Waals surface area contributed by atoms with Crippen LogP contribution in [0.1, 0.15) is 15.9 Å². The Balaban J connectivity index is 2.31. The molecule has 2 aromatic carbocycles. The third-order valence-corrected chi connectivity index (χ3v) is 2.71. The van der Waals surface area contributed by atoms with Crippen molar-refractivity contribution in [2.75, 3.05) is 7.11 Å². The second-order valence-electron chi connectivity index (χ2n) is 3.87. The highest BCUT2D eigenvalue weighted by Gasteiger charge is 2.16. The number of carbonyl (C=O) groups excluding carboxylic acids is 1. The molecule has 0 bridgehead atoms. The zero-order valence-electron chi connectivity index (χ0n) is 10.4. The molecule has 0 atom stereocenters. The van der Waals surface area contributed by atoms with Crippen molar-refractivity contribution in [2.45, 2.75) is 0 Å². The van der Waals surface area contributed by atoms with Crippen LogP contribution in [0.5, 0.6) is 5.75 Å². The molecule has 96 valence electrons. The SMILES string of the molecule is COc1ccc(C(=O)/C(=N/O)c2ccccc2)cc1. The number of methoxy groups -OCH3 is 1. The van der Waals surface area contributed by atoms with Gasteiger partial charge in [-0.3, -0.25) is 4.79 Å². The van der Waals surface area contributed by atoms with Gasteiger partial charge in [0, 0.05) is 11.1 Å². The molecule has 0 amide bonds. The molecule has 0 radical (unpaired) electrons. The van der Waals surface area contributed by atoms with Gasteiger partial charge >= 0.3 is 0 Å². The topological polar surface area (TPSA) is 58.9 Å². The molecule has 0 aliphatic heterocycles. The average Bonchev–Trinajstić information content (AvgIpc) is 2.49. The van der Waals surface area contributed by atoms with Gasteiger partial charge in [0.25, 0.3) is 0 Å². The van der Waals surface area contributed by atoms with Gasteiger partial charge in [0.05, 0.1) is 7.11 Å². The number of benzene rings is 2. The summed E-state index contributed by atoms with van der Waals surface area (Å²) in [5, 5.41) is 12.2. The lowest BCUT2D eigenvalue weighted by molar-refractivity contribution is 0.106. The minimum absolute atomic E-state index is 0.0192. The van der Waals surface area contributed by atoms with Crippen LogP contribution in [-0.2, 0) is 0 Å². The summed E-state index contributed by atoms with van der Waals surface area (Å²) in [6.45, 7) is 0. The van der Waals surface area contributed by atoms with E-state index in [-0.39, 0.29) is 11.5 Å². The van der Waals surface area contributed by atoms with Crippen molar-refractivity contribution in [3.05, 3.63) is 65.7 Å². The van der Waals surface area contributed by atoms with Gasteiger partial charge < -0.3 is 9.94 Å². The number of hydrogen-bond acceptors (Lipinski definition) is 4. The number of oxime groups is 1. The summed E-state index contributed by atoms with van der Waals surface area (Å²) >= 11 is 0. The summed E-state index contributed by atoms with van der Waals surface area (Å²) in [6.07, 6.45) is 0. The van der Waals surface area contributed by atoms with Gasteiger partial charge in [-0.1, -0.05) is 35.5 Å². The predicted octanol–water partition coefficient (Wildman–Crippen LogP) is 2.76. The largest absolute Gasteiger partial charge is 0.497 e. The molecule has 0 aromatic heterocycles. The van der Waals surface area contributed by atoms with Crippen molar-refractivity contribution in [3.8, 4) is 5.75 Å². The lowest BCUT2D eigenvalue weighted by atomic mass is 10.0. The quantitative estimate of drug-likeness (QED) is 0.395. The Bertz CT molecular complexity index is 589. The van der Waals surface area contributed by atoms with Gasteiger partial charge in [0.15, 0.2) is 5.71 Å². The van der Waals surface area contributed by atoms with Crippen molar-refractivity contribution in [3.63, 3.8) is 0 Å². The summed E-state index contributed by atoms with van der Waals surface area (Å²) in [5.74, 6) is 0.329. The van der Waals surface area contributed by atoms with E-state index < -0.39 is 0 Å². The van der Waals surface area contributed by atoms with Gasteiger partial charge in [-0.15, -0.1) is 0 Å². The van der Waals surface area contributed by atoms with E-state index in [1.807, 2.05) is 6.07 Å². The van der Waals surface area contributed by atoms with E-state index in [1.165, 1.54) is 0 Å². The summed E-state index contributed by atoms with van der Waals surface area (Å²) in [4.78, 5) is 12.2. The van der Waals surface area contributed by atoms with Crippen LogP contribution >= 0.6 is 0 Å². The maximum atomic E-state index is 12.2. The molecule has 4 heteroatoms. The number of nitrogens with zero attached hydrogens (tertiary/aromatic N) is 1. The van der Waals surface area contributed by atoms with Crippen molar-refractivity contribution in [2.24, 2.45) is 5.16 Å². The molecular weight excluding hydrogens is 242 g/mol. The summed E-state index contributed by atoms with van der Waals surface area (Å²) in [6, 6.07) is 15.5. The molecule has 0 fully saturated rings. The van der Waals surface area contributed by atoms with Gasteiger partial charge in [0.1, 0.15) is 5.75 Å². The molecule has 0 aliphatic carbocycles. The molecule has 0 saturated carbocycles. The molecule has 0 spiro atoms. The smallest absolute Gasteiger partial charge is 0.215 e.